The maximum atomic E-state index is 11.5. The van der Waals surface area contributed by atoms with Crippen molar-refractivity contribution in [2.45, 2.75) is 123 Å². The molecule has 0 bridgehead atoms. The quantitative estimate of drug-likeness (QED) is 0.386. The molecule has 166 valence electrons. The molecule has 7 unspecified atom stereocenters. The van der Waals surface area contributed by atoms with Crippen LogP contribution in [0.25, 0.3) is 0 Å². The van der Waals surface area contributed by atoms with Crippen molar-refractivity contribution in [3.8, 4) is 0 Å². The van der Waals surface area contributed by atoms with Gasteiger partial charge in [0.15, 0.2) is 0 Å². The molecule has 4 aliphatic carbocycles. The van der Waals surface area contributed by atoms with Gasteiger partial charge in [-0.2, -0.15) is 0 Å². The second-order valence-electron chi connectivity index (χ2n) is 12.0. The largest absolute Gasteiger partial charge is 0.393 e. The fourth-order valence-corrected chi connectivity index (χ4v) is 8.75. The number of rotatable bonds is 6. The van der Waals surface area contributed by atoms with Crippen molar-refractivity contribution in [3.63, 3.8) is 0 Å². The highest BCUT2D eigenvalue weighted by molar-refractivity contribution is 5.25. The first kappa shape index (κ1) is 21.9. The van der Waals surface area contributed by atoms with Gasteiger partial charge in [0.05, 0.1) is 11.7 Å². The van der Waals surface area contributed by atoms with E-state index in [2.05, 4.69) is 33.8 Å². The van der Waals surface area contributed by atoms with Crippen molar-refractivity contribution < 1.29 is 10.2 Å². The Morgan fingerprint density at radius 3 is 2.59 bits per heavy atom. The van der Waals surface area contributed by atoms with Crippen LogP contribution in [-0.4, -0.2) is 21.9 Å². The Kier molecular flexibility index (Phi) is 6.01. The van der Waals surface area contributed by atoms with Gasteiger partial charge < -0.3 is 10.2 Å². The Balaban J connectivity index is 1.51. The van der Waals surface area contributed by atoms with E-state index < -0.39 is 5.60 Å². The molecular formula is C27H46O2. The highest BCUT2D eigenvalue weighted by Crippen LogP contribution is 2.67. The van der Waals surface area contributed by atoms with Crippen LogP contribution in [0.3, 0.4) is 0 Å². The lowest BCUT2D eigenvalue weighted by Gasteiger charge is -2.59. The monoisotopic (exact) mass is 402 g/mol. The Hall–Kier alpha value is -0.340. The van der Waals surface area contributed by atoms with Gasteiger partial charge in [-0.1, -0.05) is 58.1 Å². The molecule has 3 saturated carbocycles. The predicted molar refractivity (Wildman–Crippen MR) is 121 cm³/mol. The Morgan fingerprint density at radius 2 is 1.83 bits per heavy atom. The maximum Gasteiger partial charge on any atom is 0.0653 e. The predicted octanol–water partition coefficient (Wildman–Crippen LogP) is 6.65. The van der Waals surface area contributed by atoms with Gasteiger partial charge >= 0.3 is 0 Å². The lowest BCUT2D eigenvalue weighted by Crippen LogP contribution is -2.53. The first-order chi connectivity index (χ1) is 13.7. The average molecular weight is 403 g/mol. The van der Waals surface area contributed by atoms with E-state index in [0.717, 1.165) is 37.0 Å². The minimum absolute atomic E-state index is 0.113. The van der Waals surface area contributed by atoms with Crippen molar-refractivity contribution in [2.24, 2.45) is 34.5 Å². The molecule has 0 spiro atoms. The molecule has 0 aromatic heterocycles. The summed E-state index contributed by atoms with van der Waals surface area (Å²) < 4.78 is 0. The number of aliphatic hydroxyl groups excluding tert-OH is 1. The van der Waals surface area contributed by atoms with Crippen LogP contribution in [0.15, 0.2) is 11.6 Å². The summed E-state index contributed by atoms with van der Waals surface area (Å²) in [5.41, 5.74) is 1.70. The highest BCUT2D eigenvalue weighted by atomic mass is 16.3. The smallest absolute Gasteiger partial charge is 0.0653 e. The van der Waals surface area contributed by atoms with Crippen LogP contribution in [0.1, 0.15) is 111 Å². The van der Waals surface area contributed by atoms with Crippen molar-refractivity contribution in [2.75, 3.05) is 0 Å². The summed E-state index contributed by atoms with van der Waals surface area (Å²) in [4.78, 5) is 0. The van der Waals surface area contributed by atoms with E-state index in [1.54, 1.807) is 5.57 Å². The van der Waals surface area contributed by atoms with E-state index in [9.17, 15) is 10.2 Å². The van der Waals surface area contributed by atoms with Gasteiger partial charge in [0, 0.05) is 0 Å². The van der Waals surface area contributed by atoms with E-state index >= 15 is 0 Å². The summed E-state index contributed by atoms with van der Waals surface area (Å²) in [6.45, 7) is 9.47. The standard InChI is InChI=1S/C27H46O2/c1-5-6-7-8-15-27(4,29)24-12-11-22-21-10-9-19-18-20(28)13-16-25(19,2)23(21)14-17-26(22,24)3/h9,20-24,28-29H,5-8,10-18H2,1-4H3/t20?,21?,22?,23?,24?,25?,26?,27-/m0/s1. The lowest BCUT2D eigenvalue weighted by molar-refractivity contribution is -0.105. The second-order valence-corrected chi connectivity index (χ2v) is 12.0. The lowest BCUT2D eigenvalue weighted by atomic mass is 9.46. The molecule has 4 aliphatic rings. The topological polar surface area (TPSA) is 40.5 Å². The van der Waals surface area contributed by atoms with Crippen LogP contribution in [-0.2, 0) is 0 Å². The first-order valence-corrected chi connectivity index (χ1v) is 12.8. The second kappa shape index (κ2) is 7.97. The number of allylic oxidation sites excluding steroid dienone is 1. The van der Waals surface area contributed by atoms with Gasteiger partial charge in [0.25, 0.3) is 0 Å². The Labute approximate surface area is 179 Å². The minimum atomic E-state index is -0.501. The molecule has 3 fully saturated rings. The van der Waals surface area contributed by atoms with Gasteiger partial charge in [-0.25, -0.2) is 0 Å². The summed E-state index contributed by atoms with van der Waals surface area (Å²) >= 11 is 0. The van der Waals surface area contributed by atoms with E-state index in [4.69, 9.17) is 0 Å². The van der Waals surface area contributed by atoms with Crippen LogP contribution < -0.4 is 0 Å². The molecule has 2 nitrogen and oxygen atoms in total. The zero-order chi connectivity index (χ0) is 20.9. The number of hydrogen-bond donors (Lipinski definition) is 2. The van der Waals surface area contributed by atoms with E-state index in [0.29, 0.717) is 16.7 Å². The van der Waals surface area contributed by atoms with Crippen LogP contribution in [0.5, 0.6) is 0 Å². The van der Waals surface area contributed by atoms with Crippen LogP contribution in [0.2, 0.25) is 0 Å². The first-order valence-electron chi connectivity index (χ1n) is 12.8. The average Bonchev–Trinajstić information content (AvgIpc) is 3.04. The fourth-order valence-electron chi connectivity index (χ4n) is 8.75. The molecule has 0 amide bonds. The molecule has 4 rings (SSSR count). The third-order valence-electron chi connectivity index (χ3n) is 10.4. The molecule has 8 atom stereocenters. The summed E-state index contributed by atoms with van der Waals surface area (Å²) in [5, 5.41) is 21.8. The SMILES string of the molecule is CCCCCC[C@](C)(O)C1CCC2C3CC=C4CC(O)CCC4(C)C3CCC21C. The van der Waals surface area contributed by atoms with Crippen molar-refractivity contribution >= 4 is 0 Å². The van der Waals surface area contributed by atoms with Crippen molar-refractivity contribution in [1.29, 1.82) is 0 Å². The molecule has 0 aromatic carbocycles. The third-order valence-corrected chi connectivity index (χ3v) is 10.4. The molecule has 0 radical (unpaired) electrons. The molecule has 0 saturated heterocycles. The number of aliphatic hydroxyl groups is 2. The molecule has 29 heavy (non-hydrogen) atoms. The molecular weight excluding hydrogens is 356 g/mol. The minimum Gasteiger partial charge on any atom is -0.393 e. The summed E-state index contributed by atoms with van der Waals surface area (Å²) in [5.74, 6) is 2.82. The van der Waals surface area contributed by atoms with E-state index in [1.165, 1.54) is 64.2 Å². The zero-order valence-electron chi connectivity index (χ0n) is 19.6. The van der Waals surface area contributed by atoms with Gasteiger partial charge in [0.1, 0.15) is 0 Å². The van der Waals surface area contributed by atoms with Crippen LogP contribution >= 0.6 is 0 Å². The molecule has 2 heteroatoms. The summed E-state index contributed by atoms with van der Waals surface area (Å²) in [7, 11) is 0. The summed E-state index contributed by atoms with van der Waals surface area (Å²) in [6, 6.07) is 0. The summed E-state index contributed by atoms with van der Waals surface area (Å²) in [6.07, 6.45) is 17.8. The van der Waals surface area contributed by atoms with Crippen LogP contribution in [0.4, 0.5) is 0 Å². The zero-order valence-corrected chi connectivity index (χ0v) is 19.6. The van der Waals surface area contributed by atoms with Gasteiger partial charge in [-0.05, 0) is 99.2 Å². The molecule has 0 heterocycles. The highest BCUT2D eigenvalue weighted by Gasteiger charge is 2.61. The Morgan fingerprint density at radius 1 is 1.03 bits per heavy atom. The normalized spacial score (nSPS) is 46.3. The maximum absolute atomic E-state index is 11.5. The van der Waals surface area contributed by atoms with E-state index in [1.807, 2.05) is 0 Å². The van der Waals surface area contributed by atoms with Gasteiger partial charge in [0.2, 0.25) is 0 Å². The van der Waals surface area contributed by atoms with Crippen molar-refractivity contribution in [1.82, 2.24) is 0 Å². The Bertz CT molecular complexity index is 622. The van der Waals surface area contributed by atoms with Crippen molar-refractivity contribution in [3.05, 3.63) is 11.6 Å². The molecule has 2 N–H and O–H groups in total. The van der Waals surface area contributed by atoms with Gasteiger partial charge in [-0.3, -0.25) is 0 Å². The number of unbranched alkanes of at least 4 members (excludes halogenated alkanes) is 3. The fraction of sp³-hybridized carbons (Fsp3) is 0.926. The van der Waals surface area contributed by atoms with E-state index in [-0.39, 0.29) is 6.10 Å². The number of fused-ring (bicyclic) bond motifs is 5. The van der Waals surface area contributed by atoms with Gasteiger partial charge in [-0.15, -0.1) is 0 Å². The molecule has 0 aromatic rings. The number of hydrogen-bond acceptors (Lipinski definition) is 2. The third kappa shape index (κ3) is 3.65. The van der Waals surface area contributed by atoms with Crippen LogP contribution in [0, 0.1) is 34.5 Å². The molecule has 0 aliphatic heterocycles.